The number of methoxy groups -OCH3 is 7. The fourth-order valence-corrected chi connectivity index (χ4v) is 4.17. The van der Waals surface area contributed by atoms with Gasteiger partial charge in [0.25, 0.3) is 0 Å². The third-order valence-corrected chi connectivity index (χ3v) is 6.04. The molecule has 0 aliphatic rings. The van der Waals surface area contributed by atoms with Crippen molar-refractivity contribution >= 4 is 35.8 Å². The number of carbonyl (C=O) groups is 6. The summed E-state index contributed by atoms with van der Waals surface area (Å²) in [5.41, 5.74) is 0.303. The number of esters is 6. The van der Waals surface area contributed by atoms with Gasteiger partial charge in [-0.25, -0.2) is 0 Å². The molecule has 0 fully saturated rings. The third-order valence-electron chi connectivity index (χ3n) is 6.04. The molecule has 0 aliphatic carbocycles. The van der Waals surface area contributed by atoms with Gasteiger partial charge in [-0.05, 0) is 24.1 Å². The van der Waals surface area contributed by atoms with E-state index in [-0.39, 0.29) is 0 Å². The van der Waals surface area contributed by atoms with Crippen LogP contribution in [0, 0.1) is 23.7 Å². The molecule has 13 heteroatoms. The maximum atomic E-state index is 12.8. The zero-order chi connectivity index (χ0) is 29.0. The molecule has 1 rings (SSSR count). The molecule has 0 saturated carbocycles. The first-order valence-corrected chi connectivity index (χ1v) is 11.2. The number of hydrogen-bond donors (Lipinski definition) is 0. The van der Waals surface area contributed by atoms with Gasteiger partial charge in [0.2, 0.25) is 0 Å². The van der Waals surface area contributed by atoms with E-state index in [1.54, 1.807) is 18.2 Å². The van der Waals surface area contributed by atoms with Crippen LogP contribution in [0.15, 0.2) is 24.3 Å². The molecule has 1 atom stereocenters. The second-order valence-corrected chi connectivity index (χ2v) is 7.85. The SMILES string of the molecule is COC(=O)C(C(=O)OC)C(C[C@@H](c1cccc(OC)c1)C(C(=O)OC)C(=O)OC)C(C(=O)OC)C(=O)OC. The molecule has 0 aliphatic heterocycles. The number of benzene rings is 1. The van der Waals surface area contributed by atoms with Crippen molar-refractivity contribution < 1.29 is 61.9 Å². The van der Waals surface area contributed by atoms with Gasteiger partial charge in [-0.3, -0.25) is 28.8 Å². The van der Waals surface area contributed by atoms with Crippen molar-refractivity contribution in [2.45, 2.75) is 12.3 Å². The predicted molar refractivity (Wildman–Crippen MR) is 126 cm³/mol. The van der Waals surface area contributed by atoms with E-state index >= 15 is 0 Å². The molecule has 0 spiro atoms. The standard InChI is InChI=1S/C25H32O13/c1-32-14-10-8-9-13(11-14)15(17(20(26)33-2)21(27)34-3)12-16(18(22(28)35-4)23(29)36-5)19(24(30)37-6)25(31)38-7/h8-11,15-19H,12H2,1-7H3/t15-/m0/s1. The summed E-state index contributed by atoms with van der Waals surface area (Å²) in [4.78, 5) is 77.0. The molecule has 1 aromatic rings. The van der Waals surface area contributed by atoms with Crippen LogP contribution in [0.5, 0.6) is 5.75 Å². The normalized spacial score (nSPS) is 11.6. The molecule has 210 valence electrons. The lowest BCUT2D eigenvalue weighted by Gasteiger charge is -2.33. The highest BCUT2D eigenvalue weighted by molar-refractivity contribution is 6.00. The van der Waals surface area contributed by atoms with Crippen LogP contribution in [0.3, 0.4) is 0 Å². The second kappa shape index (κ2) is 15.2. The average Bonchev–Trinajstić information content (AvgIpc) is 2.95. The van der Waals surface area contributed by atoms with E-state index in [2.05, 4.69) is 0 Å². The molecule has 0 amide bonds. The first-order valence-electron chi connectivity index (χ1n) is 11.2. The number of rotatable bonds is 13. The van der Waals surface area contributed by atoms with E-state index in [0.717, 1.165) is 42.7 Å². The van der Waals surface area contributed by atoms with E-state index < -0.39 is 71.8 Å². The highest BCUT2D eigenvalue weighted by Gasteiger charge is 2.51. The molecule has 1 aromatic carbocycles. The maximum absolute atomic E-state index is 12.8. The molecule has 0 heterocycles. The van der Waals surface area contributed by atoms with Crippen molar-refractivity contribution in [1.82, 2.24) is 0 Å². The van der Waals surface area contributed by atoms with Gasteiger partial charge < -0.3 is 33.2 Å². The predicted octanol–water partition coefficient (Wildman–Crippen LogP) is 0.672. The highest BCUT2D eigenvalue weighted by atomic mass is 16.6. The summed E-state index contributed by atoms with van der Waals surface area (Å²) < 4.78 is 34.0. The van der Waals surface area contributed by atoms with Crippen molar-refractivity contribution in [3.05, 3.63) is 29.8 Å². The van der Waals surface area contributed by atoms with Crippen molar-refractivity contribution in [1.29, 1.82) is 0 Å². The largest absolute Gasteiger partial charge is 0.497 e. The summed E-state index contributed by atoms with van der Waals surface area (Å²) in [6.45, 7) is 0. The van der Waals surface area contributed by atoms with Crippen LogP contribution in [0.4, 0.5) is 0 Å². The quantitative estimate of drug-likeness (QED) is 0.195. The van der Waals surface area contributed by atoms with Gasteiger partial charge in [0.15, 0.2) is 17.8 Å². The van der Waals surface area contributed by atoms with E-state index in [9.17, 15) is 28.8 Å². The van der Waals surface area contributed by atoms with Crippen molar-refractivity contribution in [3.63, 3.8) is 0 Å². The molecular formula is C25H32O13. The van der Waals surface area contributed by atoms with Gasteiger partial charge in [0.1, 0.15) is 5.75 Å². The zero-order valence-corrected chi connectivity index (χ0v) is 22.2. The van der Waals surface area contributed by atoms with E-state index in [4.69, 9.17) is 33.2 Å². The molecule has 0 N–H and O–H groups in total. The monoisotopic (exact) mass is 540 g/mol. The van der Waals surface area contributed by atoms with Crippen molar-refractivity contribution in [2.24, 2.45) is 23.7 Å². The topological polar surface area (TPSA) is 167 Å². The first kappa shape index (κ1) is 31.9. The third kappa shape index (κ3) is 7.43. The molecule has 0 aromatic heterocycles. The fourth-order valence-electron chi connectivity index (χ4n) is 4.17. The molecule has 0 saturated heterocycles. The lowest BCUT2D eigenvalue weighted by atomic mass is 9.71. The minimum atomic E-state index is -1.86. The van der Waals surface area contributed by atoms with Gasteiger partial charge in [0.05, 0.1) is 49.8 Å². The van der Waals surface area contributed by atoms with Gasteiger partial charge in [-0.15, -0.1) is 0 Å². The summed E-state index contributed by atoms with van der Waals surface area (Å²) in [5.74, 6) is -14.4. The second-order valence-electron chi connectivity index (χ2n) is 7.85. The Labute approximate surface area is 219 Å². The lowest BCUT2D eigenvalue weighted by molar-refractivity contribution is -0.170. The Bertz CT molecular complexity index is 934. The Hall–Kier alpha value is -4.16. The van der Waals surface area contributed by atoms with Gasteiger partial charge in [0, 0.05) is 11.8 Å². The van der Waals surface area contributed by atoms with Crippen LogP contribution in [0.25, 0.3) is 0 Å². The maximum Gasteiger partial charge on any atom is 0.320 e. The molecule has 0 unspecified atom stereocenters. The van der Waals surface area contributed by atoms with Crippen LogP contribution >= 0.6 is 0 Å². The van der Waals surface area contributed by atoms with Crippen LogP contribution in [-0.4, -0.2) is 85.6 Å². The fraction of sp³-hybridized carbons (Fsp3) is 0.520. The van der Waals surface area contributed by atoms with E-state index in [0.29, 0.717) is 11.3 Å². The number of carbonyl (C=O) groups excluding carboxylic acids is 6. The average molecular weight is 541 g/mol. The molecule has 0 bridgehead atoms. The molecular weight excluding hydrogens is 508 g/mol. The Balaban J connectivity index is 4.02. The summed E-state index contributed by atoms with van der Waals surface area (Å²) in [6.07, 6.45) is -0.494. The van der Waals surface area contributed by atoms with Gasteiger partial charge in [-0.2, -0.15) is 0 Å². The number of ether oxygens (including phenoxy) is 7. The summed E-state index contributed by atoms with van der Waals surface area (Å²) >= 11 is 0. The van der Waals surface area contributed by atoms with E-state index in [1.807, 2.05) is 0 Å². The minimum Gasteiger partial charge on any atom is -0.497 e. The Kier molecular flexibility index (Phi) is 12.7. The minimum absolute atomic E-state index is 0.303. The molecule has 0 radical (unpaired) electrons. The Morgan fingerprint density at radius 2 is 0.947 bits per heavy atom. The lowest BCUT2D eigenvalue weighted by Crippen LogP contribution is -2.45. The first-order chi connectivity index (χ1) is 18.1. The van der Waals surface area contributed by atoms with Crippen LogP contribution in [0.1, 0.15) is 17.9 Å². The van der Waals surface area contributed by atoms with Crippen LogP contribution < -0.4 is 4.74 Å². The van der Waals surface area contributed by atoms with Gasteiger partial charge in [-0.1, -0.05) is 12.1 Å². The summed E-state index contributed by atoms with van der Waals surface area (Å²) in [5, 5.41) is 0. The Morgan fingerprint density at radius 1 is 0.579 bits per heavy atom. The molecule has 38 heavy (non-hydrogen) atoms. The van der Waals surface area contributed by atoms with Crippen LogP contribution in [0.2, 0.25) is 0 Å². The van der Waals surface area contributed by atoms with Crippen molar-refractivity contribution in [2.75, 3.05) is 49.8 Å². The summed E-state index contributed by atoms with van der Waals surface area (Å²) in [7, 11) is 7.46. The Morgan fingerprint density at radius 3 is 1.29 bits per heavy atom. The highest BCUT2D eigenvalue weighted by Crippen LogP contribution is 2.41. The van der Waals surface area contributed by atoms with Crippen molar-refractivity contribution in [3.8, 4) is 5.75 Å². The molecule has 13 nitrogen and oxygen atoms in total. The van der Waals surface area contributed by atoms with E-state index in [1.165, 1.54) is 13.2 Å². The summed E-state index contributed by atoms with van der Waals surface area (Å²) in [6, 6.07) is 6.20. The van der Waals surface area contributed by atoms with Crippen LogP contribution in [-0.2, 0) is 57.2 Å². The number of hydrogen-bond acceptors (Lipinski definition) is 13. The van der Waals surface area contributed by atoms with Gasteiger partial charge >= 0.3 is 35.8 Å². The zero-order valence-electron chi connectivity index (χ0n) is 22.2. The smallest absolute Gasteiger partial charge is 0.320 e.